The van der Waals surface area contributed by atoms with Crippen LogP contribution in [-0.4, -0.2) is 37.4 Å². The third-order valence-corrected chi connectivity index (χ3v) is 6.11. The summed E-state index contributed by atoms with van der Waals surface area (Å²) in [6.45, 7) is 8.98. The van der Waals surface area contributed by atoms with Crippen LogP contribution in [0.1, 0.15) is 61.5 Å². The minimum absolute atomic E-state index is 0.0364. The Morgan fingerprint density at radius 3 is 2.76 bits per heavy atom. The number of unbranched alkanes of at least 4 members (excludes halogenated alkanes) is 1. The lowest BCUT2D eigenvalue weighted by Crippen LogP contribution is -2.52. The molecule has 0 saturated heterocycles. The molecule has 1 aliphatic heterocycles. The number of quaternary nitrogens is 1. The average molecular weight is 395 g/mol. The zero-order chi connectivity index (χ0) is 21.1. The van der Waals surface area contributed by atoms with Crippen molar-refractivity contribution in [3.63, 3.8) is 0 Å². The molecule has 29 heavy (non-hydrogen) atoms. The maximum Gasteiger partial charge on any atom is 0.271 e. The lowest BCUT2D eigenvalue weighted by Gasteiger charge is -2.44. The molecule has 1 aliphatic rings. The van der Waals surface area contributed by atoms with Gasteiger partial charge in [0.15, 0.2) is 0 Å². The fourth-order valence-electron chi connectivity index (χ4n) is 4.03. The van der Waals surface area contributed by atoms with Crippen LogP contribution in [-0.2, 0) is 5.41 Å². The number of phenolic OH excluding ortho intramolecular Hbond substituents is 1. The van der Waals surface area contributed by atoms with Crippen molar-refractivity contribution in [2.24, 2.45) is 5.10 Å². The molecular weight excluding hydrogens is 362 g/mol. The fraction of sp³-hybridized carbons (Fsp3) is 0.417. The molecule has 2 aromatic carbocycles. The van der Waals surface area contributed by atoms with E-state index in [0.29, 0.717) is 11.1 Å². The second kappa shape index (κ2) is 8.37. The van der Waals surface area contributed by atoms with Crippen LogP contribution in [0.4, 0.5) is 5.69 Å². The van der Waals surface area contributed by atoms with Crippen molar-refractivity contribution in [1.29, 1.82) is 0 Å². The molecule has 0 fully saturated rings. The first-order valence-corrected chi connectivity index (χ1v) is 10.4. The minimum Gasteiger partial charge on any atom is -0.507 e. The molecule has 154 valence electrons. The number of carbonyl (C=O) groups excluding carboxylic acids is 1. The number of phenols is 1. The van der Waals surface area contributed by atoms with Gasteiger partial charge in [0.2, 0.25) is 0 Å². The second-order valence-corrected chi connectivity index (χ2v) is 8.82. The summed E-state index contributed by atoms with van der Waals surface area (Å²) in [6, 6.07) is 12.9. The average Bonchev–Trinajstić information content (AvgIpc) is 2.71. The number of aromatic hydroxyl groups is 1. The molecule has 5 heteroatoms. The quantitative estimate of drug-likeness (QED) is 0.428. The Balaban J connectivity index is 1.83. The summed E-state index contributed by atoms with van der Waals surface area (Å²) in [4.78, 5) is 12.7. The number of hydrazone groups is 1. The minimum atomic E-state index is -0.247. The zero-order valence-corrected chi connectivity index (χ0v) is 17.9. The molecule has 5 nitrogen and oxygen atoms in total. The number of nitrogens with zero attached hydrogens (tertiary/aromatic N) is 2. The van der Waals surface area contributed by atoms with Crippen LogP contribution in [0.15, 0.2) is 47.6 Å². The molecule has 0 radical (unpaired) electrons. The topological polar surface area (TPSA) is 61.7 Å². The Bertz CT molecular complexity index is 920. The van der Waals surface area contributed by atoms with Gasteiger partial charge in [-0.05, 0) is 30.7 Å². The van der Waals surface area contributed by atoms with E-state index >= 15 is 0 Å². The standard InChI is InChI=1S/C24H31N3O2/c1-5-6-14-27(4)15-13-24(2,3)20-16-18(11-12-21(20)27)23(29)26-25-17-19-9-7-8-10-22(19)28/h7-12,16-17H,5-6,13-15H2,1-4H3,(H-,25,26,28,29)/p+1. The maximum absolute atomic E-state index is 12.7. The zero-order valence-electron chi connectivity index (χ0n) is 17.9. The number of hydrogen-bond donors (Lipinski definition) is 2. The van der Waals surface area contributed by atoms with Gasteiger partial charge in [0.25, 0.3) is 5.91 Å². The number of benzene rings is 2. The first-order chi connectivity index (χ1) is 13.8. The molecule has 2 aromatic rings. The van der Waals surface area contributed by atoms with Crippen LogP contribution in [0.3, 0.4) is 0 Å². The van der Waals surface area contributed by atoms with E-state index < -0.39 is 0 Å². The van der Waals surface area contributed by atoms with E-state index in [1.165, 1.54) is 30.3 Å². The van der Waals surface area contributed by atoms with Crippen molar-refractivity contribution in [1.82, 2.24) is 9.91 Å². The smallest absolute Gasteiger partial charge is 0.271 e. The predicted octanol–water partition coefficient (Wildman–Crippen LogP) is 4.57. The van der Waals surface area contributed by atoms with Gasteiger partial charge in [0.05, 0.1) is 26.4 Å². The van der Waals surface area contributed by atoms with Gasteiger partial charge in [-0.3, -0.25) is 9.28 Å². The Hall–Kier alpha value is -2.66. The third kappa shape index (κ3) is 4.51. The lowest BCUT2D eigenvalue weighted by molar-refractivity contribution is 0.0954. The van der Waals surface area contributed by atoms with Gasteiger partial charge in [-0.15, -0.1) is 0 Å². The van der Waals surface area contributed by atoms with Gasteiger partial charge in [0, 0.05) is 34.6 Å². The summed E-state index contributed by atoms with van der Waals surface area (Å²) in [5.74, 6) is -0.117. The molecule has 0 aromatic heterocycles. The summed E-state index contributed by atoms with van der Waals surface area (Å²) < 4.78 is 0.930. The van der Waals surface area contributed by atoms with Gasteiger partial charge in [0.1, 0.15) is 11.4 Å². The van der Waals surface area contributed by atoms with Gasteiger partial charge in [-0.25, -0.2) is 5.43 Å². The molecule has 1 unspecified atom stereocenters. The van der Waals surface area contributed by atoms with Crippen LogP contribution in [0.5, 0.6) is 5.75 Å². The molecule has 3 rings (SSSR count). The van der Waals surface area contributed by atoms with Crippen molar-refractivity contribution in [2.45, 2.75) is 45.4 Å². The van der Waals surface area contributed by atoms with E-state index in [0.717, 1.165) is 24.0 Å². The van der Waals surface area contributed by atoms with Gasteiger partial charge in [-0.2, -0.15) is 5.10 Å². The van der Waals surface area contributed by atoms with Crippen LogP contribution < -0.4 is 9.91 Å². The number of rotatable bonds is 6. The van der Waals surface area contributed by atoms with Crippen molar-refractivity contribution in [3.05, 3.63) is 59.2 Å². The van der Waals surface area contributed by atoms with E-state index in [9.17, 15) is 9.90 Å². The number of hydrogen-bond acceptors (Lipinski definition) is 3. The molecule has 0 spiro atoms. The number of fused-ring (bicyclic) bond motifs is 1. The highest BCUT2D eigenvalue weighted by Crippen LogP contribution is 2.43. The van der Waals surface area contributed by atoms with E-state index in [4.69, 9.17) is 0 Å². The van der Waals surface area contributed by atoms with Crippen molar-refractivity contribution in [3.8, 4) is 5.75 Å². The van der Waals surface area contributed by atoms with Gasteiger partial charge < -0.3 is 5.11 Å². The van der Waals surface area contributed by atoms with Crippen molar-refractivity contribution >= 4 is 17.8 Å². The van der Waals surface area contributed by atoms with Crippen molar-refractivity contribution in [2.75, 3.05) is 20.1 Å². The number of nitrogens with one attached hydrogen (secondary N) is 1. The van der Waals surface area contributed by atoms with Crippen molar-refractivity contribution < 1.29 is 9.90 Å². The van der Waals surface area contributed by atoms with E-state index in [1.807, 2.05) is 18.2 Å². The fourth-order valence-corrected chi connectivity index (χ4v) is 4.03. The summed E-state index contributed by atoms with van der Waals surface area (Å²) in [5, 5.41) is 13.8. The monoisotopic (exact) mass is 394 g/mol. The number of amides is 1. The first-order valence-electron chi connectivity index (χ1n) is 10.4. The summed E-state index contributed by atoms with van der Waals surface area (Å²) >= 11 is 0. The highest BCUT2D eigenvalue weighted by atomic mass is 16.3. The lowest BCUT2D eigenvalue weighted by atomic mass is 9.76. The summed E-state index contributed by atoms with van der Waals surface area (Å²) in [7, 11) is 2.31. The Labute approximate surface area is 173 Å². The normalized spacial score (nSPS) is 20.4. The third-order valence-electron chi connectivity index (χ3n) is 6.11. The molecule has 1 amide bonds. The van der Waals surface area contributed by atoms with Gasteiger partial charge in [-0.1, -0.05) is 39.3 Å². The van der Waals surface area contributed by atoms with Crippen LogP contribution >= 0.6 is 0 Å². The highest BCUT2D eigenvalue weighted by molar-refractivity contribution is 5.96. The van der Waals surface area contributed by atoms with Gasteiger partial charge >= 0.3 is 0 Å². The van der Waals surface area contributed by atoms with E-state index in [2.05, 4.69) is 44.4 Å². The SMILES string of the molecule is CCCC[N+]1(C)CCC(C)(C)c2cc(C(=O)N/N=C/c3ccccc3O)ccc21. The first kappa shape index (κ1) is 21.1. The molecular formula is C24H32N3O2+. The summed E-state index contributed by atoms with van der Waals surface area (Å²) in [6.07, 6.45) is 4.92. The Morgan fingerprint density at radius 1 is 1.28 bits per heavy atom. The van der Waals surface area contributed by atoms with Crippen LogP contribution in [0.2, 0.25) is 0 Å². The Kier molecular flexibility index (Phi) is 6.08. The molecule has 2 N–H and O–H groups in total. The second-order valence-electron chi connectivity index (χ2n) is 8.82. The van der Waals surface area contributed by atoms with Crippen LogP contribution in [0.25, 0.3) is 0 Å². The predicted molar refractivity (Wildman–Crippen MR) is 120 cm³/mol. The molecule has 0 aliphatic carbocycles. The van der Waals surface area contributed by atoms with Crippen LogP contribution in [0, 0.1) is 0 Å². The largest absolute Gasteiger partial charge is 0.507 e. The maximum atomic E-state index is 12.7. The number of para-hydroxylation sites is 1. The number of carbonyl (C=O) groups is 1. The molecule has 0 saturated carbocycles. The van der Waals surface area contributed by atoms with E-state index in [1.54, 1.807) is 18.2 Å². The van der Waals surface area contributed by atoms with E-state index in [-0.39, 0.29) is 17.1 Å². The Morgan fingerprint density at radius 2 is 2.03 bits per heavy atom. The highest BCUT2D eigenvalue weighted by Gasteiger charge is 2.40. The summed E-state index contributed by atoms with van der Waals surface area (Å²) in [5.41, 5.74) is 6.35. The molecule has 0 bridgehead atoms. The molecule has 1 atom stereocenters. The molecule has 1 heterocycles.